The van der Waals surface area contributed by atoms with Gasteiger partial charge in [-0.3, -0.25) is 0 Å². The van der Waals surface area contributed by atoms with Crippen molar-refractivity contribution in [1.29, 1.82) is 0 Å². The van der Waals surface area contributed by atoms with Gasteiger partial charge in [0, 0.05) is 32.4 Å². The second-order valence-electron chi connectivity index (χ2n) is 7.11. The maximum atomic E-state index is 13.8. The summed E-state index contributed by atoms with van der Waals surface area (Å²) in [6, 6.07) is 10.9. The molecular weight excluding hydrogens is 369 g/mol. The first-order valence-corrected chi connectivity index (χ1v) is 10.2. The summed E-state index contributed by atoms with van der Waals surface area (Å²) in [5.41, 5.74) is 1.80. The minimum absolute atomic E-state index is 0.169. The number of hydrogen-bond donors (Lipinski definition) is 2. The van der Waals surface area contributed by atoms with Crippen LogP contribution in [0.15, 0.2) is 47.6 Å². The van der Waals surface area contributed by atoms with Crippen molar-refractivity contribution in [2.24, 2.45) is 4.99 Å². The number of pyridine rings is 1. The van der Waals surface area contributed by atoms with Gasteiger partial charge < -0.3 is 20.3 Å². The molecule has 1 aliphatic rings. The number of anilines is 1. The molecule has 2 N–H and O–H groups in total. The summed E-state index contributed by atoms with van der Waals surface area (Å²) >= 11 is 0. The van der Waals surface area contributed by atoms with E-state index in [1.807, 2.05) is 31.3 Å². The fourth-order valence-electron chi connectivity index (χ4n) is 3.29. The van der Waals surface area contributed by atoms with Crippen molar-refractivity contribution in [3.63, 3.8) is 0 Å². The van der Waals surface area contributed by atoms with Crippen LogP contribution in [0.5, 0.6) is 0 Å². The van der Waals surface area contributed by atoms with Crippen LogP contribution in [-0.4, -0.2) is 49.8 Å². The lowest BCUT2D eigenvalue weighted by Gasteiger charge is -2.32. The highest BCUT2D eigenvalue weighted by atomic mass is 19.1. The minimum Gasteiger partial charge on any atom is -0.375 e. The van der Waals surface area contributed by atoms with E-state index in [2.05, 4.69) is 38.5 Å². The SMILES string of the molecule is CCNC(=NCc1ccnc(N2CCOC(C)C2)c1)NCCc1ccccc1F. The third-order valence-corrected chi connectivity index (χ3v) is 4.78. The molecule has 6 nitrogen and oxygen atoms in total. The molecule has 0 radical (unpaired) electrons. The minimum atomic E-state index is -0.169. The quantitative estimate of drug-likeness (QED) is 0.554. The zero-order chi connectivity index (χ0) is 20.5. The molecule has 1 aromatic heterocycles. The van der Waals surface area contributed by atoms with Crippen molar-refractivity contribution < 1.29 is 9.13 Å². The largest absolute Gasteiger partial charge is 0.375 e. The molecule has 1 aromatic carbocycles. The highest BCUT2D eigenvalue weighted by molar-refractivity contribution is 5.79. The number of hydrogen-bond acceptors (Lipinski definition) is 4. The zero-order valence-electron chi connectivity index (χ0n) is 17.2. The van der Waals surface area contributed by atoms with Gasteiger partial charge in [-0.2, -0.15) is 0 Å². The molecule has 1 fully saturated rings. The standard InChI is InChI=1S/C22H30FN5O/c1-3-24-22(26-11-9-19-6-4-5-7-20(19)23)27-15-18-8-10-25-21(14-18)28-12-13-29-17(2)16-28/h4-8,10,14,17H,3,9,11-13,15-16H2,1-2H3,(H2,24,26,27). The van der Waals surface area contributed by atoms with E-state index in [0.29, 0.717) is 25.1 Å². The second-order valence-corrected chi connectivity index (χ2v) is 7.11. The molecule has 0 spiro atoms. The van der Waals surface area contributed by atoms with Crippen molar-refractivity contribution in [2.45, 2.75) is 32.9 Å². The average Bonchev–Trinajstić information content (AvgIpc) is 2.73. The first kappa shape index (κ1) is 21.0. The van der Waals surface area contributed by atoms with Gasteiger partial charge in [-0.1, -0.05) is 18.2 Å². The lowest BCUT2D eigenvalue weighted by Crippen LogP contribution is -2.41. The van der Waals surface area contributed by atoms with Crippen LogP contribution in [0.3, 0.4) is 0 Å². The smallest absolute Gasteiger partial charge is 0.191 e. The Morgan fingerprint density at radius 1 is 1.31 bits per heavy atom. The Morgan fingerprint density at radius 2 is 2.17 bits per heavy atom. The molecular formula is C22H30FN5O. The number of halogens is 1. The number of nitrogens with one attached hydrogen (secondary N) is 2. The maximum Gasteiger partial charge on any atom is 0.191 e. The predicted octanol–water partition coefficient (Wildman–Crippen LogP) is 2.74. The summed E-state index contributed by atoms with van der Waals surface area (Å²) in [7, 11) is 0. The Morgan fingerprint density at radius 3 is 2.97 bits per heavy atom. The van der Waals surface area contributed by atoms with E-state index in [4.69, 9.17) is 4.74 Å². The molecule has 0 amide bonds. The van der Waals surface area contributed by atoms with Crippen LogP contribution in [-0.2, 0) is 17.7 Å². The fourth-order valence-corrected chi connectivity index (χ4v) is 3.29. The van der Waals surface area contributed by atoms with Crippen molar-refractivity contribution in [3.8, 4) is 0 Å². The van der Waals surface area contributed by atoms with Crippen LogP contribution in [0.1, 0.15) is 25.0 Å². The molecule has 2 heterocycles. The van der Waals surface area contributed by atoms with Gasteiger partial charge in [-0.05, 0) is 49.6 Å². The van der Waals surface area contributed by atoms with Gasteiger partial charge in [0.1, 0.15) is 11.6 Å². The van der Waals surface area contributed by atoms with E-state index in [9.17, 15) is 4.39 Å². The molecule has 0 saturated carbocycles. The van der Waals surface area contributed by atoms with Gasteiger partial charge in [0.15, 0.2) is 5.96 Å². The molecule has 3 rings (SSSR count). The molecule has 0 bridgehead atoms. The third-order valence-electron chi connectivity index (χ3n) is 4.78. The number of aliphatic imine (C=N–C) groups is 1. The van der Waals surface area contributed by atoms with Crippen molar-refractivity contribution in [3.05, 3.63) is 59.5 Å². The lowest BCUT2D eigenvalue weighted by atomic mass is 10.1. The van der Waals surface area contributed by atoms with Crippen LogP contribution in [0, 0.1) is 5.82 Å². The van der Waals surface area contributed by atoms with E-state index in [1.54, 1.807) is 6.07 Å². The number of aromatic nitrogens is 1. The fraction of sp³-hybridized carbons (Fsp3) is 0.455. The van der Waals surface area contributed by atoms with Gasteiger partial charge in [0.05, 0.1) is 19.3 Å². The Bertz CT molecular complexity index is 813. The second kappa shape index (κ2) is 10.8. The van der Waals surface area contributed by atoms with Crippen molar-refractivity contribution >= 4 is 11.8 Å². The van der Waals surface area contributed by atoms with Crippen LogP contribution < -0.4 is 15.5 Å². The van der Waals surface area contributed by atoms with E-state index >= 15 is 0 Å². The van der Waals surface area contributed by atoms with Gasteiger partial charge in [-0.25, -0.2) is 14.4 Å². The Hall–Kier alpha value is -2.67. The zero-order valence-corrected chi connectivity index (χ0v) is 17.2. The first-order chi connectivity index (χ1) is 14.2. The van der Waals surface area contributed by atoms with Gasteiger partial charge >= 0.3 is 0 Å². The summed E-state index contributed by atoms with van der Waals surface area (Å²) < 4.78 is 19.4. The van der Waals surface area contributed by atoms with Crippen LogP contribution in [0.4, 0.5) is 10.2 Å². The summed E-state index contributed by atoms with van der Waals surface area (Å²) in [6.45, 7) is 8.45. The highest BCUT2D eigenvalue weighted by Gasteiger charge is 2.18. The molecule has 1 unspecified atom stereocenters. The number of morpholine rings is 1. The summed E-state index contributed by atoms with van der Waals surface area (Å²) in [4.78, 5) is 11.4. The number of nitrogens with zero attached hydrogens (tertiary/aromatic N) is 3. The number of ether oxygens (including phenoxy) is 1. The van der Waals surface area contributed by atoms with Crippen LogP contribution >= 0.6 is 0 Å². The van der Waals surface area contributed by atoms with Crippen LogP contribution in [0.25, 0.3) is 0 Å². The average molecular weight is 400 g/mol. The highest BCUT2D eigenvalue weighted by Crippen LogP contribution is 2.17. The van der Waals surface area contributed by atoms with Crippen LogP contribution in [0.2, 0.25) is 0 Å². The molecule has 1 saturated heterocycles. The van der Waals surface area contributed by atoms with Crippen molar-refractivity contribution in [1.82, 2.24) is 15.6 Å². The summed E-state index contributed by atoms with van der Waals surface area (Å²) in [5.74, 6) is 1.52. The monoisotopic (exact) mass is 399 g/mol. The molecule has 1 atom stereocenters. The summed E-state index contributed by atoms with van der Waals surface area (Å²) in [6.07, 6.45) is 2.65. The van der Waals surface area contributed by atoms with Gasteiger partial charge in [-0.15, -0.1) is 0 Å². The first-order valence-electron chi connectivity index (χ1n) is 10.2. The van der Waals surface area contributed by atoms with E-state index in [-0.39, 0.29) is 11.9 Å². The Balaban J connectivity index is 1.58. The molecule has 7 heteroatoms. The molecule has 29 heavy (non-hydrogen) atoms. The van der Waals surface area contributed by atoms with Gasteiger partial charge in [0.25, 0.3) is 0 Å². The topological polar surface area (TPSA) is 61.8 Å². The van der Waals surface area contributed by atoms with E-state index in [1.165, 1.54) is 6.07 Å². The maximum absolute atomic E-state index is 13.8. The summed E-state index contributed by atoms with van der Waals surface area (Å²) in [5, 5.41) is 6.52. The Labute approximate surface area is 172 Å². The van der Waals surface area contributed by atoms with Gasteiger partial charge in [0.2, 0.25) is 0 Å². The molecule has 2 aromatic rings. The number of rotatable bonds is 7. The normalized spacial score (nSPS) is 17.3. The number of guanidine groups is 1. The molecule has 0 aliphatic carbocycles. The predicted molar refractivity (Wildman–Crippen MR) is 115 cm³/mol. The number of benzene rings is 1. The van der Waals surface area contributed by atoms with Crippen molar-refractivity contribution in [2.75, 3.05) is 37.7 Å². The third kappa shape index (κ3) is 6.42. The Kier molecular flexibility index (Phi) is 7.81. The van der Waals surface area contributed by atoms with E-state index in [0.717, 1.165) is 43.6 Å². The van der Waals surface area contributed by atoms with E-state index < -0.39 is 0 Å². The molecule has 1 aliphatic heterocycles. The molecule has 156 valence electrons. The lowest BCUT2D eigenvalue weighted by molar-refractivity contribution is 0.0529.